The van der Waals surface area contributed by atoms with Crippen molar-refractivity contribution in [2.45, 2.75) is 12.8 Å². The highest BCUT2D eigenvalue weighted by Crippen LogP contribution is 2.19. The van der Waals surface area contributed by atoms with Crippen molar-refractivity contribution in [2.24, 2.45) is 5.92 Å². The summed E-state index contributed by atoms with van der Waals surface area (Å²) < 4.78 is 0. The molecule has 3 nitrogen and oxygen atoms in total. The van der Waals surface area contributed by atoms with Crippen LogP contribution in [0.4, 0.5) is 5.82 Å². The number of pyridine rings is 1. The standard InChI is InChI=1S/C11H14N2O/c14-9-10-4-7-13(8-5-10)11-3-1-2-6-12-11/h1-3,6,9-10H,4-5,7-8H2. The molecular formula is C11H14N2O. The van der Waals surface area contributed by atoms with Crippen LogP contribution in [0.25, 0.3) is 0 Å². The van der Waals surface area contributed by atoms with Crippen LogP contribution >= 0.6 is 0 Å². The zero-order valence-electron chi connectivity index (χ0n) is 8.10. The number of carbonyl (C=O) groups is 1. The summed E-state index contributed by atoms with van der Waals surface area (Å²) >= 11 is 0. The van der Waals surface area contributed by atoms with Gasteiger partial charge in [-0.2, -0.15) is 0 Å². The summed E-state index contributed by atoms with van der Waals surface area (Å²) in [5, 5.41) is 0. The maximum atomic E-state index is 10.6. The number of hydrogen-bond donors (Lipinski definition) is 0. The van der Waals surface area contributed by atoms with Crippen molar-refractivity contribution < 1.29 is 4.79 Å². The Kier molecular flexibility index (Phi) is 2.77. The Morgan fingerprint density at radius 3 is 2.71 bits per heavy atom. The monoisotopic (exact) mass is 190 g/mol. The quantitative estimate of drug-likeness (QED) is 0.662. The summed E-state index contributed by atoms with van der Waals surface area (Å²) in [6.45, 7) is 1.89. The van der Waals surface area contributed by atoms with E-state index in [1.807, 2.05) is 18.2 Å². The zero-order valence-corrected chi connectivity index (χ0v) is 8.10. The van der Waals surface area contributed by atoms with Gasteiger partial charge in [0.25, 0.3) is 0 Å². The van der Waals surface area contributed by atoms with E-state index in [2.05, 4.69) is 9.88 Å². The molecule has 0 aliphatic carbocycles. The van der Waals surface area contributed by atoms with Crippen molar-refractivity contribution in [3.8, 4) is 0 Å². The Morgan fingerprint density at radius 2 is 2.14 bits per heavy atom. The lowest BCUT2D eigenvalue weighted by Gasteiger charge is -2.30. The van der Waals surface area contributed by atoms with Crippen molar-refractivity contribution in [2.75, 3.05) is 18.0 Å². The molecule has 1 aromatic heterocycles. The van der Waals surface area contributed by atoms with E-state index < -0.39 is 0 Å². The number of nitrogens with zero attached hydrogens (tertiary/aromatic N) is 2. The van der Waals surface area contributed by atoms with E-state index >= 15 is 0 Å². The summed E-state index contributed by atoms with van der Waals surface area (Å²) in [7, 11) is 0. The van der Waals surface area contributed by atoms with Crippen molar-refractivity contribution in [1.82, 2.24) is 4.98 Å². The van der Waals surface area contributed by atoms with Crippen LogP contribution < -0.4 is 4.90 Å². The molecule has 0 atom stereocenters. The van der Waals surface area contributed by atoms with Crippen LogP contribution in [0.5, 0.6) is 0 Å². The minimum atomic E-state index is 0.259. The predicted molar refractivity (Wildman–Crippen MR) is 55.2 cm³/mol. The molecule has 0 amide bonds. The van der Waals surface area contributed by atoms with Crippen molar-refractivity contribution in [1.29, 1.82) is 0 Å². The van der Waals surface area contributed by atoms with Crippen molar-refractivity contribution >= 4 is 12.1 Å². The Labute approximate surface area is 83.8 Å². The average molecular weight is 190 g/mol. The van der Waals surface area contributed by atoms with E-state index in [9.17, 15) is 4.79 Å². The van der Waals surface area contributed by atoms with Crippen LogP contribution in [-0.4, -0.2) is 24.4 Å². The van der Waals surface area contributed by atoms with Crippen LogP contribution in [0.15, 0.2) is 24.4 Å². The summed E-state index contributed by atoms with van der Waals surface area (Å²) in [5.41, 5.74) is 0. The highest BCUT2D eigenvalue weighted by atomic mass is 16.1. The number of hydrogen-bond acceptors (Lipinski definition) is 3. The minimum Gasteiger partial charge on any atom is -0.357 e. The van der Waals surface area contributed by atoms with E-state index in [1.165, 1.54) is 0 Å². The first kappa shape index (κ1) is 9.19. The molecule has 1 aliphatic heterocycles. The van der Waals surface area contributed by atoms with Gasteiger partial charge in [-0.15, -0.1) is 0 Å². The molecule has 2 heterocycles. The molecule has 0 radical (unpaired) electrons. The van der Waals surface area contributed by atoms with Gasteiger partial charge in [0.2, 0.25) is 0 Å². The van der Waals surface area contributed by atoms with Gasteiger partial charge in [-0.1, -0.05) is 6.07 Å². The molecule has 1 aromatic rings. The fourth-order valence-electron chi connectivity index (χ4n) is 1.81. The van der Waals surface area contributed by atoms with Gasteiger partial charge in [0, 0.05) is 25.2 Å². The van der Waals surface area contributed by atoms with E-state index in [0.717, 1.165) is 38.0 Å². The first-order chi connectivity index (χ1) is 6.90. The van der Waals surface area contributed by atoms with Crippen LogP contribution in [0.3, 0.4) is 0 Å². The molecule has 1 saturated heterocycles. The predicted octanol–water partition coefficient (Wildman–Crippen LogP) is 1.50. The minimum absolute atomic E-state index is 0.259. The van der Waals surface area contributed by atoms with Crippen molar-refractivity contribution in [3.05, 3.63) is 24.4 Å². The van der Waals surface area contributed by atoms with Crippen LogP contribution in [-0.2, 0) is 4.79 Å². The number of rotatable bonds is 2. The second-order valence-electron chi connectivity index (χ2n) is 3.65. The van der Waals surface area contributed by atoms with Gasteiger partial charge in [0.05, 0.1) is 0 Å². The van der Waals surface area contributed by atoms with E-state index in [1.54, 1.807) is 6.20 Å². The molecule has 14 heavy (non-hydrogen) atoms. The fraction of sp³-hybridized carbons (Fsp3) is 0.455. The average Bonchev–Trinajstić information content (AvgIpc) is 2.30. The summed E-state index contributed by atoms with van der Waals surface area (Å²) in [4.78, 5) is 17.1. The SMILES string of the molecule is O=CC1CCN(c2ccccn2)CC1. The second kappa shape index (κ2) is 4.22. The van der Waals surface area contributed by atoms with Gasteiger partial charge in [0.1, 0.15) is 12.1 Å². The van der Waals surface area contributed by atoms with Gasteiger partial charge in [-0.05, 0) is 25.0 Å². The van der Waals surface area contributed by atoms with E-state index in [0.29, 0.717) is 0 Å². The number of carbonyl (C=O) groups excluding carboxylic acids is 1. The first-order valence-electron chi connectivity index (χ1n) is 5.01. The highest BCUT2D eigenvalue weighted by molar-refractivity contribution is 5.54. The van der Waals surface area contributed by atoms with Gasteiger partial charge >= 0.3 is 0 Å². The normalized spacial score (nSPS) is 18.1. The molecular weight excluding hydrogens is 176 g/mol. The van der Waals surface area contributed by atoms with Crippen LogP contribution in [0.1, 0.15) is 12.8 Å². The van der Waals surface area contributed by atoms with E-state index in [4.69, 9.17) is 0 Å². The lowest BCUT2D eigenvalue weighted by molar-refractivity contribution is -0.111. The summed E-state index contributed by atoms with van der Waals surface area (Å²) in [6.07, 6.45) is 4.80. The summed E-state index contributed by atoms with van der Waals surface area (Å²) in [6, 6.07) is 5.93. The molecule has 1 fully saturated rings. The molecule has 0 spiro atoms. The zero-order chi connectivity index (χ0) is 9.80. The molecule has 2 rings (SSSR count). The molecule has 0 unspecified atom stereocenters. The lowest BCUT2D eigenvalue weighted by atomic mass is 9.99. The molecule has 1 aliphatic rings. The third-order valence-electron chi connectivity index (χ3n) is 2.71. The molecule has 0 saturated carbocycles. The van der Waals surface area contributed by atoms with Gasteiger partial charge in [0.15, 0.2) is 0 Å². The maximum Gasteiger partial charge on any atom is 0.128 e. The smallest absolute Gasteiger partial charge is 0.128 e. The molecule has 3 heteroatoms. The molecule has 74 valence electrons. The van der Waals surface area contributed by atoms with Crippen LogP contribution in [0.2, 0.25) is 0 Å². The number of piperidine rings is 1. The number of aromatic nitrogens is 1. The Bertz CT molecular complexity index is 291. The Balaban J connectivity index is 1.99. The molecule has 0 N–H and O–H groups in total. The first-order valence-corrected chi connectivity index (χ1v) is 5.01. The van der Waals surface area contributed by atoms with Gasteiger partial charge in [-0.25, -0.2) is 4.98 Å². The summed E-state index contributed by atoms with van der Waals surface area (Å²) in [5.74, 6) is 1.28. The lowest BCUT2D eigenvalue weighted by Crippen LogP contribution is -2.34. The third-order valence-corrected chi connectivity index (χ3v) is 2.71. The van der Waals surface area contributed by atoms with E-state index in [-0.39, 0.29) is 5.92 Å². The highest BCUT2D eigenvalue weighted by Gasteiger charge is 2.18. The topological polar surface area (TPSA) is 33.2 Å². The maximum absolute atomic E-state index is 10.6. The fourth-order valence-corrected chi connectivity index (χ4v) is 1.81. The largest absolute Gasteiger partial charge is 0.357 e. The van der Waals surface area contributed by atoms with Gasteiger partial charge in [-0.3, -0.25) is 0 Å². The Morgan fingerprint density at radius 1 is 1.36 bits per heavy atom. The Hall–Kier alpha value is -1.38. The van der Waals surface area contributed by atoms with Gasteiger partial charge < -0.3 is 9.69 Å². The van der Waals surface area contributed by atoms with Crippen LogP contribution in [0, 0.1) is 5.92 Å². The second-order valence-corrected chi connectivity index (χ2v) is 3.65. The number of anilines is 1. The molecule has 0 aromatic carbocycles. The third kappa shape index (κ3) is 1.92. The number of aldehydes is 1. The van der Waals surface area contributed by atoms with Crippen molar-refractivity contribution in [3.63, 3.8) is 0 Å². The molecule has 0 bridgehead atoms.